The molecule has 2 heterocycles. The van der Waals surface area contributed by atoms with Gasteiger partial charge < -0.3 is 11.1 Å². The van der Waals surface area contributed by atoms with E-state index in [1.807, 2.05) is 17.5 Å². The Balaban J connectivity index is 1.88. The minimum absolute atomic E-state index is 0.166. The van der Waals surface area contributed by atoms with Gasteiger partial charge in [0.25, 0.3) is 5.91 Å². The summed E-state index contributed by atoms with van der Waals surface area (Å²) in [7, 11) is 0. The minimum atomic E-state index is -0.166. The van der Waals surface area contributed by atoms with Crippen molar-refractivity contribution in [3.63, 3.8) is 0 Å². The van der Waals surface area contributed by atoms with Crippen molar-refractivity contribution in [1.29, 1.82) is 0 Å². The maximum Gasteiger partial charge on any atom is 0.265 e. The minimum Gasteiger partial charge on any atom is -0.399 e. The highest BCUT2D eigenvalue weighted by molar-refractivity contribution is 7.27. The normalized spacial score (nSPS) is 10.8. The fraction of sp³-hybridized carbons (Fsp3) is 0. The average molecular weight is 309 g/mol. The molecule has 0 saturated heterocycles. The van der Waals surface area contributed by atoms with Crippen LogP contribution >= 0.6 is 34.3 Å². The molecule has 3 N–H and O–H groups in total. The number of carbonyl (C=O) groups excluding carboxylic acids is 1. The number of carbonyl (C=O) groups is 1. The van der Waals surface area contributed by atoms with Crippen LogP contribution in [0.25, 0.3) is 9.40 Å². The first-order valence-electron chi connectivity index (χ1n) is 5.47. The van der Waals surface area contributed by atoms with Crippen LogP contribution in [0.15, 0.2) is 35.7 Å². The lowest BCUT2D eigenvalue weighted by Crippen LogP contribution is -2.10. The van der Waals surface area contributed by atoms with E-state index in [1.165, 1.54) is 11.3 Å². The van der Waals surface area contributed by atoms with Crippen molar-refractivity contribution in [2.45, 2.75) is 0 Å². The van der Waals surface area contributed by atoms with E-state index in [0.717, 1.165) is 9.40 Å². The van der Waals surface area contributed by atoms with Crippen molar-refractivity contribution in [3.8, 4) is 0 Å². The van der Waals surface area contributed by atoms with Crippen LogP contribution in [0.3, 0.4) is 0 Å². The molecule has 0 aliphatic carbocycles. The van der Waals surface area contributed by atoms with Crippen molar-refractivity contribution in [1.82, 2.24) is 0 Å². The van der Waals surface area contributed by atoms with Gasteiger partial charge in [-0.3, -0.25) is 4.79 Å². The summed E-state index contributed by atoms with van der Waals surface area (Å²) in [5.74, 6) is -0.166. The molecule has 0 unspecified atom stereocenters. The monoisotopic (exact) mass is 308 g/mol. The fourth-order valence-corrected chi connectivity index (χ4v) is 3.87. The van der Waals surface area contributed by atoms with E-state index in [-0.39, 0.29) is 5.91 Å². The molecular weight excluding hydrogens is 300 g/mol. The first-order valence-corrected chi connectivity index (χ1v) is 7.54. The van der Waals surface area contributed by atoms with Gasteiger partial charge in [-0.2, -0.15) is 0 Å². The van der Waals surface area contributed by atoms with Gasteiger partial charge in [-0.1, -0.05) is 11.6 Å². The zero-order valence-electron chi connectivity index (χ0n) is 9.64. The highest BCUT2D eigenvalue weighted by Crippen LogP contribution is 2.31. The maximum atomic E-state index is 12.1. The quantitative estimate of drug-likeness (QED) is 0.687. The molecule has 0 radical (unpaired) electrons. The third-order valence-corrected chi connectivity index (χ3v) is 5.02. The van der Waals surface area contributed by atoms with E-state index >= 15 is 0 Å². The van der Waals surface area contributed by atoms with Crippen LogP contribution in [0, 0.1) is 0 Å². The van der Waals surface area contributed by atoms with Gasteiger partial charge in [-0.25, -0.2) is 0 Å². The highest BCUT2D eigenvalue weighted by atomic mass is 35.5. The number of amides is 1. The number of rotatable bonds is 2. The molecule has 3 aromatic rings. The first kappa shape index (κ1) is 12.5. The molecule has 0 saturated carbocycles. The van der Waals surface area contributed by atoms with Gasteiger partial charge in [-0.15, -0.1) is 22.7 Å². The molecule has 3 rings (SSSR count). The van der Waals surface area contributed by atoms with E-state index < -0.39 is 0 Å². The van der Waals surface area contributed by atoms with Crippen LogP contribution in [-0.4, -0.2) is 5.91 Å². The topological polar surface area (TPSA) is 55.1 Å². The number of halogens is 1. The van der Waals surface area contributed by atoms with Crippen LogP contribution in [0.4, 0.5) is 11.4 Å². The molecule has 2 aromatic heterocycles. The van der Waals surface area contributed by atoms with Gasteiger partial charge in [-0.05, 0) is 35.7 Å². The number of nitrogens with one attached hydrogen (secondary N) is 1. The summed E-state index contributed by atoms with van der Waals surface area (Å²) < 4.78 is 2.24. The Kier molecular flexibility index (Phi) is 3.18. The molecule has 0 atom stereocenters. The number of nitrogens with two attached hydrogens (primary N) is 1. The summed E-state index contributed by atoms with van der Waals surface area (Å²) in [4.78, 5) is 12.8. The number of thiophene rings is 2. The van der Waals surface area contributed by atoms with Crippen LogP contribution in [0.5, 0.6) is 0 Å². The van der Waals surface area contributed by atoms with Crippen molar-refractivity contribution in [2.24, 2.45) is 0 Å². The lowest BCUT2D eigenvalue weighted by atomic mass is 10.2. The average Bonchev–Trinajstić information content (AvgIpc) is 2.94. The number of benzene rings is 1. The smallest absolute Gasteiger partial charge is 0.265 e. The standard InChI is InChI=1S/C13H9ClN2OS2/c14-8-2-1-7(15)5-9(8)16-13(17)12-6-11-10(19-12)3-4-18-11/h1-6H,15H2,(H,16,17). The number of hydrogen-bond acceptors (Lipinski definition) is 4. The van der Waals surface area contributed by atoms with Gasteiger partial charge in [0.2, 0.25) is 0 Å². The molecule has 1 amide bonds. The first-order chi connectivity index (χ1) is 9.13. The second-order valence-electron chi connectivity index (χ2n) is 3.95. The van der Waals surface area contributed by atoms with E-state index in [2.05, 4.69) is 5.32 Å². The highest BCUT2D eigenvalue weighted by Gasteiger charge is 2.12. The van der Waals surface area contributed by atoms with Crippen LogP contribution < -0.4 is 11.1 Å². The summed E-state index contributed by atoms with van der Waals surface area (Å²) in [5, 5.41) is 5.27. The summed E-state index contributed by atoms with van der Waals surface area (Å²) in [5.41, 5.74) is 6.77. The molecule has 19 heavy (non-hydrogen) atoms. The zero-order valence-corrected chi connectivity index (χ0v) is 12.0. The third-order valence-electron chi connectivity index (χ3n) is 2.60. The Labute approximate surface area is 122 Å². The van der Waals surface area contributed by atoms with E-state index in [9.17, 15) is 4.79 Å². The van der Waals surface area contributed by atoms with Crippen LogP contribution in [0.1, 0.15) is 9.67 Å². The predicted octanol–water partition coefficient (Wildman–Crippen LogP) is 4.45. The summed E-state index contributed by atoms with van der Waals surface area (Å²) in [6, 6.07) is 8.91. The second kappa shape index (κ2) is 4.85. The van der Waals surface area contributed by atoms with Gasteiger partial charge in [0, 0.05) is 15.1 Å². The van der Waals surface area contributed by atoms with Crippen LogP contribution in [0.2, 0.25) is 5.02 Å². The maximum absolute atomic E-state index is 12.1. The Hall–Kier alpha value is -1.56. The summed E-state index contributed by atoms with van der Waals surface area (Å²) in [6.45, 7) is 0. The SMILES string of the molecule is Nc1ccc(Cl)c(NC(=O)c2cc3sccc3s2)c1. The molecule has 0 bridgehead atoms. The third kappa shape index (κ3) is 2.45. The summed E-state index contributed by atoms with van der Waals surface area (Å²) in [6.07, 6.45) is 0. The molecule has 6 heteroatoms. The molecule has 0 spiro atoms. The molecule has 1 aromatic carbocycles. The second-order valence-corrected chi connectivity index (χ2v) is 6.39. The van der Waals surface area contributed by atoms with Gasteiger partial charge in [0.05, 0.1) is 15.6 Å². The zero-order chi connectivity index (χ0) is 13.4. The predicted molar refractivity (Wildman–Crippen MR) is 83.5 cm³/mol. The molecule has 0 aliphatic heterocycles. The van der Waals surface area contributed by atoms with Crippen LogP contribution in [-0.2, 0) is 0 Å². The lowest BCUT2D eigenvalue weighted by molar-refractivity contribution is 0.103. The van der Waals surface area contributed by atoms with Crippen molar-refractivity contribution in [2.75, 3.05) is 11.1 Å². The van der Waals surface area contributed by atoms with Gasteiger partial charge in [0.1, 0.15) is 0 Å². The van der Waals surface area contributed by atoms with Gasteiger partial charge in [0.15, 0.2) is 0 Å². The Morgan fingerprint density at radius 1 is 1.21 bits per heavy atom. The Bertz CT molecular complexity index is 734. The van der Waals surface area contributed by atoms with Crippen molar-refractivity contribution >= 4 is 61.0 Å². The molecular formula is C13H9ClN2OS2. The van der Waals surface area contributed by atoms with Gasteiger partial charge >= 0.3 is 0 Å². The lowest BCUT2D eigenvalue weighted by Gasteiger charge is -2.06. The number of fused-ring (bicyclic) bond motifs is 1. The van der Waals surface area contributed by atoms with E-state index in [4.69, 9.17) is 17.3 Å². The Morgan fingerprint density at radius 2 is 2.05 bits per heavy atom. The Morgan fingerprint density at radius 3 is 2.84 bits per heavy atom. The number of hydrogen-bond donors (Lipinski definition) is 2. The molecule has 0 fully saturated rings. The number of nitrogen functional groups attached to an aromatic ring is 1. The molecule has 3 nitrogen and oxygen atoms in total. The largest absolute Gasteiger partial charge is 0.399 e. The van der Waals surface area contributed by atoms with E-state index in [0.29, 0.717) is 21.3 Å². The number of anilines is 2. The molecule has 0 aliphatic rings. The van der Waals surface area contributed by atoms with E-state index in [1.54, 1.807) is 29.5 Å². The van der Waals surface area contributed by atoms with Crippen molar-refractivity contribution < 1.29 is 4.79 Å². The summed E-state index contributed by atoms with van der Waals surface area (Å²) >= 11 is 9.11. The fourth-order valence-electron chi connectivity index (χ4n) is 1.70. The molecule has 96 valence electrons. The van der Waals surface area contributed by atoms with Crippen molar-refractivity contribution in [3.05, 3.63) is 45.6 Å².